The molecule has 0 unspecified atom stereocenters. The summed E-state index contributed by atoms with van der Waals surface area (Å²) in [4.78, 5) is 18.1. The zero-order valence-corrected chi connectivity index (χ0v) is 13.0. The molecule has 0 aromatic carbocycles. The lowest BCUT2D eigenvalue weighted by Crippen LogP contribution is -2.41. The third-order valence-corrected chi connectivity index (χ3v) is 3.29. The van der Waals surface area contributed by atoms with E-state index in [1.807, 2.05) is 39.0 Å². The van der Waals surface area contributed by atoms with E-state index < -0.39 is 5.60 Å². The van der Waals surface area contributed by atoms with Crippen LogP contribution in [0.3, 0.4) is 0 Å². The van der Waals surface area contributed by atoms with Gasteiger partial charge in [-0.05, 0) is 45.7 Å². The molecule has 1 fully saturated rings. The molecule has 0 radical (unpaired) electrons. The molecule has 1 amide bonds. The minimum absolute atomic E-state index is 0.101. The molecule has 0 aliphatic carbocycles. The summed E-state index contributed by atoms with van der Waals surface area (Å²) < 4.78 is 11.1. The van der Waals surface area contributed by atoms with E-state index in [0.717, 1.165) is 25.1 Å². The zero-order valence-electron chi connectivity index (χ0n) is 13.0. The van der Waals surface area contributed by atoms with Crippen molar-refractivity contribution in [2.24, 2.45) is 0 Å². The molecule has 1 saturated heterocycles. The van der Waals surface area contributed by atoms with Crippen LogP contribution >= 0.6 is 0 Å². The van der Waals surface area contributed by atoms with E-state index in [-0.39, 0.29) is 12.1 Å². The van der Waals surface area contributed by atoms with Gasteiger partial charge in [-0.2, -0.15) is 0 Å². The van der Waals surface area contributed by atoms with Gasteiger partial charge in [0.05, 0.1) is 24.9 Å². The Labute approximate surface area is 126 Å². The summed E-state index contributed by atoms with van der Waals surface area (Å²) in [6.07, 6.45) is 3.46. The molecular formula is C16H24N2O3. The van der Waals surface area contributed by atoms with Crippen molar-refractivity contribution in [1.82, 2.24) is 9.88 Å². The second-order valence-corrected chi connectivity index (χ2v) is 6.31. The molecule has 1 atom stereocenters. The summed E-state index contributed by atoms with van der Waals surface area (Å²) in [6, 6.07) is 5.85. The van der Waals surface area contributed by atoms with E-state index in [2.05, 4.69) is 4.98 Å². The van der Waals surface area contributed by atoms with E-state index >= 15 is 0 Å². The predicted molar refractivity (Wildman–Crippen MR) is 79.9 cm³/mol. The first-order valence-corrected chi connectivity index (χ1v) is 7.43. The highest BCUT2D eigenvalue weighted by Gasteiger charge is 2.32. The lowest BCUT2D eigenvalue weighted by atomic mass is 10.2. The molecule has 5 heteroatoms. The number of ether oxygens (including phenoxy) is 2. The van der Waals surface area contributed by atoms with Crippen LogP contribution in [0.1, 0.15) is 39.3 Å². The third kappa shape index (κ3) is 5.01. The maximum absolute atomic E-state index is 12.1. The summed E-state index contributed by atoms with van der Waals surface area (Å²) in [5.41, 5.74) is 0.443. The van der Waals surface area contributed by atoms with Crippen LogP contribution in [0, 0.1) is 0 Å². The maximum Gasteiger partial charge on any atom is 0.410 e. The highest BCUT2D eigenvalue weighted by molar-refractivity contribution is 5.68. The van der Waals surface area contributed by atoms with Gasteiger partial charge < -0.3 is 14.4 Å². The van der Waals surface area contributed by atoms with Crippen LogP contribution in [-0.4, -0.2) is 40.8 Å². The van der Waals surface area contributed by atoms with E-state index in [1.54, 1.807) is 11.1 Å². The van der Waals surface area contributed by atoms with Gasteiger partial charge in [0.1, 0.15) is 5.60 Å². The van der Waals surface area contributed by atoms with Crippen molar-refractivity contribution in [3.05, 3.63) is 30.1 Å². The SMILES string of the molecule is CC(C)(C)OC(=O)N1CCC[C@@H]1COCc1ccccn1. The first-order valence-electron chi connectivity index (χ1n) is 7.43. The number of aromatic nitrogens is 1. The highest BCUT2D eigenvalue weighted by Crippen LogP contribution is 2.21. The van der Waals surface area contributed by atoms with Crippen molar-refractivity contribution in [2.75, 3.05) is 13.2 Å². The summed E-state index contributed by atoms with van der Waals surface area (Å²) in [5.74, 6) is 0. The van der Waals surface area contributed by atoms with E-state index in [0.29, 0.717) is 13.2 Å². The Balaban J connectivity index is 1.80. The van der Waals surface area contributed by atoms with E-state index in [9.17, 15) is 4.79 Å². The van der Waals surface area contributed by atoms with Crippen molar-refractivity contribution in [3.8, 4) is 0 Å². The van der Waals surface area contributed by atoms with Crippen LogP contribution in [0.5, 0.6) is 0 Å². The molecule has 1 aliphatic heterocycles. The summed E-state index contributed by atoms with van der Waals surface area (Å²) in [6.45, 7) is 7.39. The fraction of sp³-hybridized carbons (Fsp3) is 0.625. The molecule has 0 N–H and O–H groups in total. The van der Waals surface area contributed by atoms with Gasteiger partial charge in [0, 0.05) is 12.7 Å². The fourth-order valence-corrected chi connectivity index (χ4v) is 2.35. The molecular weight excluding hydrogens is 268 g/mol. The second-order valence-electron chi connectivity index (χ2n) is 6.31. The summed E-state index contributed by atoms with van der Waals surface area (Å²) in [7, 11) is 0. The number of carbonyl (C=O) groups excluding carboxylic acids is 1. The largest absolute Gasteiger partial charge is 0.444 e. The van der Waals surface area contributed by atoms with Crippen LogP contribution in [0.2, 0.25) is 0 Å². The minimum atomic E-state index is -0.459. The van der Waals surface area contributed by atoms with Crippen molar-refractivity contribution in [2.45, 2.75) is 51.9 Å². The van der Waals surface area contributed by atoms with Crippen molar-refractivity contribution in [1.29, 1.82) is 0 Å². The standard InChI is InChI=1S/C16H24N2O3/c1-16(2,3)21-15(19)18-10-6-8-14(18)12-20-11-13-7-4-5-9-17-13/h4-5,7,9,14H,6,8,10-12H2,1-3H3/t14-/m1/s1. The number of amides is 1. The summed E-state index contributed by atoms with van der Waals surface area (Å²) in [5, 5.41) is 0. The van der Waals surface area contributed by atoms with Crippen LogP contribution < -0.4 is 0 Å². The Morgan fingerprint density at radius 1 is 1.43 bits per heavy atom. The molecule has 1 aromatic heterocycles. The Morgan fingerprint density at radius 2 is 2.24 bits per heavy atom. The zero-order chi connectivity index (χ0) is 15.3. The van der Waals surface area contributed by atoms with Gasteiger partial charge >= 0.3 is 6.09 Å². The molecule has 2 heterocycles. The maximum atomic E-state index is 12.1. The smallest absolute Gasteiger partial charge is 0.410 e. The molecule has 0 bridgehead atoms. The Kier molecular flexibility index (Phi) is 5.17. The highest BCUT2D eigenvalue weighted by atomic mass is 16.6. The number of hydrogen-bond donors (Lipinski definition) is 0. The Bertz CT molecular complexity index is 456. The molecule has 1 aliphatic rings. The average molecular weight is 292 g/mol. The van der Waals surface area contributed by atoms with E-state index in [1.165, 1.54) is 0 Å². The minimum Gasteiger partial charge on any atom is -0.444 e. The van der Waals surface area contributed by atoms with Crippen LogP contribution in [0.25, 0.3) is 0 Å². The molecule has 5 nitrogen and oxygen atoms in total. The average Bonchev–Trinajstić information content (AvgIpc) is 2.86. The van der Waals surface area contributed by atoms with Gasteiger partial charge in [-0.15, -0.1) is 0 Å². The molecule has 21 heavy (non-hydrogen) atoms. The van der Waals surface area contributed by atoms with Gasteiger partial charge in [0.2, 0.25) is 0 Å². The molecule has 2 rings (SSSR count). The van der Waals surface area contributed by atoms with Gasteiger partial charge in [0.25, 0.3) is 0 Å². The van der Waals surface area contributed by atoms with Gasteiger partial charge in [-0.25, -0.2) is 4.79 Å². The molecule has 0 spiro atoms. The first kappa shape index (κ1) is 15.8. The monoisotopic (exact) mass is 292 g/mol. The Morgan fingerprint density at radius 3 is 2.90 bits per heavy atom. The fourth-order valence-electron chi connectivity index (χ4n) is 2.35. The van der Waals surface area contributed by atoms with Crippen LogP contribution in [0.15, 0.2) is 24.4 Å². The molecule has 0 saturated carbocycles. The predicted octanol–water partition coefficient (Wildman–Crippen LogP) is 3.00. The third-order valence-electron chi connectivity index (χ3n) is 3.29. The van der Waals surface area contributed by atoms with Crippen molar-refractivity contribution < 1.29 is 14.3 Å². The van der Waals surface area contributed by atoms with Crippen molar-refractivity contribution >= 4 is 6.09 Å². The number of carbonyl (C=O) groups is 1. The van der Waals surface area contributed by atoms with Gasteiger partial charge in [-0.3, -0.25) is 4.98 Å². The number of pyridine rings is 1. The van der Waals surface area contributed by atoms with E-state index in [4.69, 9.17) is 9.47 Å². The number of rotatable bonds is 4. The Hall–Kier alpha value is -1.62. The number of nitrogens with zero attached hydrogens (tertiary/aromatic N) is 2. The van der Waals surface area contributed by atoms with Crippen molar-refractivity contribution in [3.63, 3.8) is 0 Å². The summed E-state index contributed by atoms with van der Waals surface area (Å²) >= 11 is 0. The first-order chi connectivity index (χ1) is 9.96. The van der Waals surface area contributed by atoms with Crippen LogP contribution in [0.4, 0.5) is 4.79 Å². The molecule has 116 valence electrons. The topological polar surface area (TPSA) is 51.7 Å². The number of likely N-dealkylation sites (tertiary alicyclic amines) is 1. The lowest BCUT2D eigenvalue weighted by molar-refractivity contribution is 0.00857. The number of hydrogen-bond acceptors (Lipinski definition) is 4. The quantitative estimate of drug-likeness (QED) is 0.856. The second kappa shape index (κ2) is 6.89. The lowest BCUT2D eigenvalue weighted by Gasteiger charge is -2.28. The normalized spacial score (nSPS) is 18.8. The molecule has 1 aromatic rings. The van der Waals surface area contributed by atoms with Crippen LogP contribution in [-0.2, 0) is 16.1 Å². The van der Waals surface area contributed by atoms with Gasteiger partial charge in [0.15, 0.2) is 0 Å². The van der Waals surface area contributed by atoms with Gasteiger partial charge in [-0.1, -0.05) is 6.07 Å².